The van der Waals surface area contributed by atoms with Crippen LogP contribution in [-0.2, 0) is 4.79 Å². The van der Waals surface area contributed by atoms with E-state index in [-0.39, 0.29) is 17.5 Å². The summed E-state index contributed by atoms with van der Waals surface area (Å²) in [6.07, 6.45) is 0. The number of carbonyl (C=O) groups is 1. The average molecular weight is 467 g/mol. The Morgan fingerprint density at radius 3 is 2.53 bits per heavy atom. The van der Waals surface area contributed by atoms with Gasteiger partial charge in [0.05, 0.1) is 11.3 Å². The van der Waals surface area contributed by atoms with Gasteiger partial charge in [0.1, 0.15) is 5.82 Å². The standard InChI is InChI=1S/C24H20ClFN4OS/c1-15-10-12-17(13-11-15)30-23(18-6-3-4-8-20(18)26)28-29-24(30)32-14-22(31)27-21-9-5-7-19(25)16(21)2/h3-13H,14H2,1-2H3,(H,27,31). The van der Waals surface area contributed by atoms with E-state index in [1.165, 1.54) is 17.8 Å². The molecule has 0 aliphatic rings. The first-order valence-corrected chi connectivity index (χ1v) is 11.3. The molecule has 1 heterocycles. The molecule has 0 fully saturated rings. The molecule has 3 aromatic carbocycles. The van der Waals surface area contributed by atoms with Gasteiger partial charge in [-0.15, -0.1) is 10.2 Å². The molecule has 0 spiro atoms. The second-order valence-electron chi connectivity index (χ2n) is 7.21. The fourth-order valence-corrected chi connectivity index (χ4v) is 4.09. The van der Waals surface area contributed by atoms with Crippen LogP contribution in [0.25, 0.3) is 17.1 Å². The third-order valence-electron chi connectivity index (χ3n) is 4.91. The first-order chi connectivity index (χ1) is 15.4. The SMILES string of the molecule is Cc1ccc(-n2c(SCC(=O)Nc3cccc(Cl)c3C)nnc2-c2ccccc2F)cc1. The molecule has 4 aromatic rings. The van der Waals surface area contributed by atoms with Crippen molar-refractivity contribution in [3.63, 3.8) is 0 Å². The smallest absolute Gasteiger partial charge is 0.234 e. The number of anilines is 1. The van der Waals surface area contributed by atoms with E-state index in [2.05, 4.69) is 15.5 Å². The number of thioether (sulfide) groups is 1. The largest absolute Gasteiger partial charge is 0.325 e. The summed E-state index contributed by atoms with van der Waals surface area (Å²) >= 11 is 7.36. The lowest BCUT2D eigenvalue weighted by atomic mass is 10.2. The topological polar surface area (TPSA) is 59.8 Å². The number of benzene rings is 3. The minimum atomic E-state index is -0.390. The number of rotatable bonds is 6. The Labute approximate surface area is 194 Å². The van der Waals surface area contributed by atoms with Crippen molar-refractivity contribution in [3.05, 3.63) is 88.7 Å². The second-order valence-corrected chi connectivity index (χ2v) is 8.56. The Bertz CT molecular complexity index is 1270. The van der Waals surface area contributed by atoms with E-state index in [0.717, 1.165) is 16.8 Å². The summed E-state index contributed by atoms with van der Waals surface area (Å²) in [4.78, 5) is 12.6. The van der Waals surface area contributed by atoms with Gasteiger partial charge in [0, 0.05) is 16.4 Å². The van der Waals surface area contributed by atoms with Crippen molar-refractivity contribution in [2.45, 2.75) is 19.0 Å². The van der Waals surface area contributed by atoms with Crippen molar-refractivity contribution in [2.24, 2.45) is 0 Å². The predicted molar refractivity (Wildman–Crippen MR) is 127 cm³/mol. The van der Waals surface area contributed by atoms with Crippen LogP contribution in [0.2, 0.25) is 5.02 Å². The van der Waals surface area contributed by atoms with Crippen LogP contribution in [0.4, 0.5) is 10.1 Å². The second kappa shape index (κ2) is 9.54. The fourth-order valence-electron chi connectivity index (χ4n) is 3.17. The highest BCUT2D eigenvalue weighted by Crippen LogP contribution is 2.30. The zero-order valence-corrected chi connectivity index (χ0v) is 19.0. The molecule has 0 unspecified atom stereocenters. The fraction of sp³-hybridized carbons (Fsp3) is 0.125. The van der Waals surface area contributed by atoms with E-state index < -0.39 is 0 Å². The van der Waals surface area contributed by atoms with Gasteiger partial charge in [-0.1, -0.05) is 59.3 Å². The number of hydrogen-bond donors (Lipinski definition) is 1. The van der Waals surface area contributed by atoms with Crippen LogP contribution in [0, 0.1) is 19.7 Å². The van der Waals surface area contributed by atoms with Crippen LogP contribution in [-0.4, -0.2) is 26.4 Å². The summed E-state index contributed by atoms with van der Waals surface area (Å²) in [6.45, 7) is 3.84. The summed E-state index contributed by atoms with van der Waals surface area (Å²) in [5, 5.41) is 12.4. The zero-order chi connectivity index (χ0) is 22.7. The molecule has 0 atom stereocenters. The van der Waals surface area contributed by atoms with Gasteiger partial charge >= 0.3 is 0 Å². The molecule has 1 amide bonds. The van der Waals surface area contributed by atoms with Crippen LogP contribution in [0.1, 0.15) is 11.1 Å². The lowest BCUT2D eigenvalue weighted by Gasteiger charge is -2.12. The molecule has 32 heavy (non-hydrogen) atoms. The molecule has 0 saturated heterocycles. The van der Waals surface area contributed by atoms with Crippen LogP contribution >= 0.6 is 23.4 Å². The molecule has 162 valence electrons. The Morgan fingerprint density at radius 2 is 1.78 bits per heavy atom. The normalized spacial score (nSPS) is 10.9. The molecule has 0 aliphatic heterocycles. The third-order valence-corrected chi connectivity index (χ3v) is 6.25. The zero-order valence-electron chi connectivity index (χ0n) is 17.5. The summed E-state index contributed by atoms with van der Waals surface area (Å²) in [5.41, 5.74) is 3.69. The molecule has 0 saturated carbocycles. The van der Waals surface area contributed by atoms with Crippen molar-refractivity contribution in [2.75, 3.05) is 11.1 Å². The van der Waals surface area contributed by atoms with Gasteiger partial charge in [-0.05, 0) is 55.8 Å². The minimum Gasteiger partial charge on any atom is -0.325 e. The quantitative estimate of drug-likeness (QED) is 0.350. The molecule has 5 nitrogen and oxygen atoms in total. The maximum absolute atomic E-state index is 14.5. The highest BCUT2D eigenvalue weighted by Gasteiger charge is 2.19. The van der Waals surface area contributed by atoms with Gasteiger partial charge in [-0.25, -0.2) is 4.39 Å². The number of nitrogens with zero attached hydrogens (tertiary/aromatic N) is 3. The molecule has 0 radical (unpaired) electrons. The van der Waals surface area contributed by atoms with E-state index >= 15 is 0 Å². The average Bonchev–Trinajstić information content (AvgIpc) is 3.20. The maximum atomic E-state index is 14.5. The van der Waals surface area contributed by atoms with Crippen molar-refractivity contribution < 1.29 is 9.18 Å². The highest BCUT2D eigenvalue weighted by molar-refractivity contribution is 7.99. The van der Waals surface area contributed by atoms with Crippen LogP contribution in [0.15, 0.2) is 71.9 Å². The van der Waals surface area contributed by atoms with Gasteiger partial charge in [0.15, 0.2) is 11.0 Å². The Morgan fingerprint density at radius 1 is 1.03 bits per heavy atom. The number of amides is 1. The van der Waals surface area contributed by atoms with Gasteiger partial charge < -0.3 is 5.32 Å². The van der Waals surface area contributed by atoms with Crippen molar-refractivity contribution in [1.29, 1.82) is 0 Å². The monoisotopic (exact) mass is 466 g/mol. The maximum Gasteiger partial charge on any atom is 0.234 e. The molecule has 1 aromatic heterocycles. The van der Waals surface area contributed by atoms with Gasteiger partial charge in [-0.3, -0.25) is 9.36 Å². The number of aryl methyl sites for hydroxylation is 1. The third kappa shape index (κ3) is 4.69. The number of hydrogen-bond acceptors (Lipinski definition) is 4. The minimum absolute atomic E-state index is 0.104. The Kier molecular flexibility index (Phi) is 6.58. The molecule has 0 bridgehead atoms. The number of carbonyl (C=O) groups excluding carboxylic acids is 1. The van der Waals surface area contributed by atoms with Gasteiger partial charge in [0.25, 0.3) is 0 Å². The molecular weight excluding hydrogens is 447 g/mol. The lowest BCUT2D eigenvalue weighted by Crippen LogP contribution is -2.15. The van der Waals surface area contributed by atoms with E-state index in [1.807, 2.05) is 38.1 Å². The number of halogens is 2. The highest BCUT2D eigenvalue weighted by atomic mass is 35.5. The summed E-state index contributed by atoms with van der Waals surface area (Å²) in [5.74, 6) is -0.112. The van der Waals surface area contributed by atoms with E-state index in [0.29, 0.717) is 27.3 Å². The van der Waals surface area contributed by atoms with Gasteiger partial charge in [-0.2, -0.15) is 0 Å². The molecule has 0 aliphatic carbocycles. The molecule has 1 N–H and O–H groups in total. The predicted octanol–water partition coefficient (Wildman–Crippen LogP) is 6.07. The van der Waals surface area contributed by atoms with Crippen LogP contribution in [0.3, 0.4) is 0 Å². The summed E-state index contributed by atoms with van der Waals surface area (Å²) in [6, 6.07) is 19.5. The van der Waals surface area contributed by atoms with Crippen molar-refractivity contribution in [1.82, 2.24) is 14.8 Å². The van der Waals surface area contributed by atoms with Crippen molar-refractivity contribution >= 4 is 35.0 Å². The van der Waals surface area contributed by atoms with E-state index in [4.69, 9.17) is 11.6 Å². The summed E-state index contributed by atoms with van der Waals surface area (Å²) < 4.78 is 16.3. The van der Waals surface area contributed by atoms with Crippen molar-refractivity contribution in [3.8, 4) is 17.1 Å². The van der Waals surface area contributed by atoms with E-state index in [9.17, 15) is 9.18 Å². The lowest BCUT2D eigenvalue weighted by molar-refractivity contribution is -0.113. The van der Waals surface area contributed by atoms with Crippen LogP contribution in [0.5, 0.6) is 0 Å². The first kappa shape index (κ1) is 22.0. The van der Waals surface area contributed by atoms with Gasteiger partial charge in [0.2, 0.25) is 5.91 Å². The Hall–Kier alpha value is -3.16. The number of aromatic nitrogens is 3. The number of nitrogens with one attached hydrogen (secondary N) is 1. The molecular formula is C24H20ClFN4OS. The summed E-state index contributed by atoms with van der Waals surface area (Å²) in [7, 11) is 0. The molecule has 4 rings (SSSR count). The first-order valence-electron chi connectivity index (χ1n) is 9.89. The van der Waals surface area contributed by atoms with E-state index in [1.54, 1.807) is 41.0 Å². The van der Waals surface area contributed by atoms with Crippen LogP contribution < -0.4 is 5.32 Å². The Balaban J connectivity index is 1.62. The molecule has 8 heteroatoms.